The van der Waals surface area contributed by atoms with Crippen LogP contribution in [0.25, 0.3) is 0 Å². The molecular weight excluding hydrogens is 360 g/mol. The number of hydrogen-bond donors (Lipinski definition) is 1. The summed E-state index contributed by atoms with van der Waals surface area (Å²) >= 11 is 0. The summed E-state index contributed by atoms with van der Waals surface area (Å²) in [6.45, 7) is 2.53. The number of nitrogens with zero attached hydrogens (tertiary/aromatic N) is 1. The Balaban J connectivity index is 1.74. The Labute approximate surface area is 164 Å². The van der Waals surface area contributed by atoms with E-state index in [4.69, 9.17) is 14.2 Å². The summed E-state index contributed by atoms with van der Waals surface area (Å²) in [6.07, 6.45) is 0.0997. The van der Waals surface area contributed by atoms with Crippen molar-refractivity contribution in [3.8, 4) is 17.2 Å². The zero-order chi connectivity index (χ0) is 19.9. The van der Waals surface area contributed by atoms with Crippen LogP contribution in [-0.4, -0.2) is 44.7 Å². The van der Waals surface area contributed by atoms with E-state index in [1.165, 1.54) is 11.9 Å². The molecule has 0 aliphatic carbocycles. The molecule has 7 nitrogen and oxygen atoms in total. The zero-order valence-electron chi connectivity index (χ0n) is 16.0. The lowest BCUT2D eigenvalue weighted by Crippen LogP contribution is -2.51. The Morgan fingerprint density at radius 2 is 1.79 bits per heavy atom. The molecule has 0 saturated carbocycles. The van der Waals surface area contributed by atoms with E-state index in [1.807, 2.05) is 25.1 Å². The van der Waals surface area contributed by atoms with Crippen molar-refractivity contribution < 1.29 is 23.8 Å². The molecule has 0 saturated heterocycles. The highest BCUT2D eigenvalue weighted by atomic mass is 16.5. The van der Waals surface area contributed by atoms with Crippen molar-refractivity contribution in [2.24, 2.45) is 0 Å². The van der Waals surface area contributed by atoms with Gasteiger partial charge in [0.25, 0.3) is 11.8 Å². The molecule has 0 unspecified atom stereocenters. The quantitative estimate of drug-likeness (QED) is 0.793. The van der Waals surface area contributed by atoms with E-state index in [2.05, 4.69) is 5.32 Å². The number of para-hydroxylation sites is 4. The second kappa shape index (κ2) is 9.12. The minimum Gasteiger partial charge on any atom is -0.490 e. The molecule has 1 aliphatic heterocycles. The van der Waals surface area contributed by atoms with Crippen LogP contribution in [0.1, 0.15) is 13.3 Å². The second-order valence-electron chi connectivity index (χ2n) is 6.28. The molecule has 0 radical (unpaired) electrons. The van der Waals surface area contributed by atoms with Crippen LogP contribution in [0.4, 0.5) is 5.69 Å². The average molecular weight is 384 g/mol. The van der Waals surface area contributed by atoms with Crippen LogP contribution in [0.3, 0.4) is 0 Å². The summed E-state index contributed by atoms with van der Waals surface area (Å²) in [6, 6.07) is 14.4. The maximum atomic E-state index is 12.9. The van der Waals surface area contributed by atoms with Crippen LogP contribution in [0, 0.1) is 0 Å². The third kappa shape index (κ3) is 4.36. The van der Waals surface area contributed by atoms with Gasteiger partial charge in [0.15, 0.2) is 24.2 Å². The van der Waals surface area contributed by atoms with Crippen molar-refractivity contribution in [2.75, 3.05) is 31.7 Å². The molecule has 0 aromatic heterocycles. The number of carbonyl (C=O) groups excluding carboxylic acids is 2. The first-order valence-electron chi connectivity index (χ1n) is 9.26. The fourth-order valence-corrected chi connectivity index (χ4v) is 2.89. The molecule has 28 heavy (non-hydrogen) atoms. The van der Waals surface area contributed by atoms with Crippen molar-refractivity contribution >= 4 is 17.5 Å². The van der Waals surface area contributed by atoms with Gasteiger partial charge in [0.05, 0.1) is 18.8 Å². The van der Waals surface area contributed by atoms with E-state index < -0.39 is 6.10 Å². The van der Waals surface area contributed by atoms with E-state index in [-0.39, 0.29) is 25.0 Å². The summed E-state index contributed by atoms with van der Waals surface area (Å²) in [5, 5.41) is 2.56. The molecule has 1 N–H and O–H groups in total. The minimum atomic E-state index is -0.774. The van der Waals surface area contributed by atoms with Crippen molar-refractivity contribution in [1.29, 1.82) is 0 Å². The molecule has 0 bridgehead atoms. The molecule has 0 fully saturated rings. The molecule has 1 aliphatic rings. The van der Waals surface area contributed by atoms with Gasteiger partial charge < -0.3 is 24.4 Å². The first kappa shape index (κ1) is 19.5. The van der Waals surface area contributed by atoms with Crippen LogP contribution >= 0.6 is 0 Å². The summed E-state index contributed by atoms with van der Waals surface area (Å²) < 4.78 is 17.1. The number of anilines is 1. The summed E-state index contributed by atoms with van der Waals surface area (Å²) in [5.41, 5.74) is 0.617. The van der Waals surface area contributed by atoms with Gasteiger partial charge in [-0.05, 0) is 30.7 Å². The first-order chi connectivity index (χ1) is 13.6. The highest BCUT2D eigenvalue weighted by Gasteiger charge is 2.33. The van der Waals surface area contributed by atoms with Gasteiger partial charge in [-0.3, -0.25) is 9.59 Å². The number of ether oxygens (including phenoxy) is 3. The van der Waals surface area contributed by atoms with Crippen LogP contribution in [0.2, 0.25) is 0 Å². The number of fused-ring (bicyclic) bond motifs is 1. The highest BCUT2D eigenvalue weighted by molar-refractivity contribution is 5.98. The van der Waals surface area contributed by atoms with Gasteiger partial charge in [-0.15, -0.1) is 0 Å². The molecule has 3 rings (SSSR count). The van der Waals surface area contributed by atoms with Crippen LogP contribution in [0.15, 0.2) is 48.5 Å². The lowest BCUT2D eigenvalue weighted by atomic mass is 10.1. The number of hydrogen-bond acceptors (Lipinski definition) is 5. The average Bonchev–Trinajstić information content (AvgIpc) is 2.75. The van der Waals surface area contributed by atoms with E-state index in [9.17, 15) is 9.59 Å². The molecule has 2 amide bonds. The summed E-state index contributed by atoms with van der Waals surface area (Å²) in [7, 11) is 1.54. The van der Waals surface area contributed by atoms with E-state index in [0.29, 0.717) is 29.5 Å². The predicted molar refractivity (Wildman–Crippen MR) is 105 cm³/mol. The number of likely N-dealkylation sites (N-methyl/N-ethyl adjacent to an activating group) is 1. The molecular formula is C21H24N2O5. The Hall–Kier alpha value is -3.22. The van der Waals surface area contributed by atoms with Gasteiger partial charge in [0, 0.05) is 7.05 Å². The van der Waals surface area contributed by atoms with E-state index in [0.717, 1.165) is 6.42 Å². The Morgan fingerprint density at radius 1 is 1.11 bits per heavy atom. The Bertz CT molecular complexity index is 839. The molecule has 1 heterocycles. The van der Waals surface area contributed by atoms with Crippen LogP contribution < -0.4 is 24.4 Å². The monoisotopic (exact) mass is 384 g/mol. The fraction of sp³-hybridized carbons (Fsp3) is 0.333. The minimum absolute atomic E-state index is 0.118. The summed E-state index contributed by atoms with van der Waals surface area (Å²) in [4.78, 5) is 26.5. The lowest BCUT2D eigenvalue weighted by molar-refractivity contribution is -0.128. The van der Waals surface area contributed by atoms with Crippen molar-refractivity contribution in [1.82, 2.24) is 5.32 Å². The first-order valence-corrected chi connectivity index (χ1v) is 9.26. The SMILES string of the molecule is CCCOc1ccccc1OCC(=O)N1C[C@@H](C(=O)NC)Oc2ccccc21. The molecule has 148 valence electrons. The highest BCUT2D eigenvalue weighted by Crippen LogP contribution is 2.33. The molecule has 7 heteroatoms. The van der Waals surface area contributed by atoms with E-state index >= 15 is 0 Å². The number of nitrogens with one attached hydrogen (secondary N) is 1. The maximum absolute atomic E-state index is 12.9. The van der Waals surface area contributed by atoms with Crippen molar-refractivity contribution in [3.63, 3.8) is 0 Å². The smallest absolute Gasteiger partial charge is 0.265 e. The number of amides is 2. The van der Waals surface area contributed by atoms with Gasteiger partial charge in [-0.25, -0.2) is 0 Å². The normalized spacial score (nSPS) is 15.2. The largest absolute Gasteiger partial charge is 0.490 e. The van der Waals surface area contributed by atoms with Crippen LogP contribution in [0.5, 0.6) is 17.2 Å². The number of rotatable bonds is 7. The van der Waals surface area contributed by atoms with Gasteiger partial charge in [0.2, 0.25) is 0 Å². The lowest BCUT2D eigenvalue weighted by Gasteiger charge is -2.33. The third-order valence-electron chi connectivity index (χ3n) is 4.28. The molecule has 0 spiro atoms. The molecule has 2 aromatic carbocycles. The van der Waals surface area contributed by atoms with Gasteiger partial charge in [-0.2, -0.15) is 0 Å². The van der Waals surface area contributed by atoms with Crippen LogP contribution in [-0.2, 0) is 9.59 Å². The fourth-order valence-electron chi connectivity index (χ4n) is 2.89. The Kier molecular flexibility index (Phi) is 6.37. The predicted octanol–water partition coefficient (Wildman–Crippen LogP) is 2.39. The van der Waals surface area contributed by atoms with Gasteiger partial charge in [0.1, 0.15) is 5.75 Å². The molecule has 2 aromatic rings. The topological polar surface area (TPSA) is 77.1 Å². The zero-order valence-corrected chi connectivity index (χ0v) is 16.0. The van der Waals surface area contributed by atoms with E-state index in [1.54, 1.807) is 30.3 Å². The Morgan fingerprint density at radius 3 is 2.50 bits per heavy atom. The maximum Gasteiger partial charge on any atom is 0.265 e. The van der Waals surface area contributed by atoms with Crippen molar-refractivity contribution in [3.05, 3.63) is 48.5 Å². The summed E-state index contributed by atoms with van der Waals surface area (Å²) in [5.74, 6) is 1.04. The van der Waals surface area contributed by atoms with Gasteiger partial charge >= 0.3 is 0 Å². The number of benzene rings is 2. The molecule has 1 atom stereocenters. The van der Waals surface area contributed by atoms with Crippen molar-refractivity contribution in [2.45, 2.75) is 19.4 Å². The van der Waals surface area contributed by atoms with Gasteiger partial charge in [-0.1, -0.05) is 31.2 Å². The number of carbonyl (C=O) groups is 2. The third-order valence-corrected chi connectivity index (χ3v) is 4.28. The standard InChI is InChI=1S/C21H24N2O5/c1-3-12-26-17-10-6-7-11-18(17)27-14-20(24)23-13-19(21(25)22-2)28-16-9-5-4-8-15(16)23/h4-11,19H,3,12-14H2,1-2H3,(H,22,25)/t19-/m0/s1. The second-order valence-corrected chi connectivity index (χ2v) is 6.28.